The minimum absolute atomic E-state index is 0.0301. The number of hydrogen-bond donors (Lipinski definition) is 2. The Kier molecular flexibility index (Phi) is 8.91. The molecular formula is C27H38N4O3. The van der Waals surface area contributed by atoms with Crippen LogP contribution in [0.2, 0.25) is 0 Å². The lowest BCUT2D eigenvalue weighted by atomic mass is 9.88. The maximum absolute atomic E-state index is 13.2. The van der Waals surface area contributed by atoms with Crippen LogP contribution in [0.1, 0.15) is 59.3 Å². The first-order chi connectivity index (χ1) is 16.3. The van der Waals surface area contributed by atoms with Crippen molar-refractivity contribution in [3.8, 4) is 5.88 Å². The topological polar surface area (TPSA) is 112 Å². The van der Waals surface area contributed by atoms with Gasteiger partial charge >= 0.3 is 0 Å². The standard InChI is InChI=1S/C27H38N4O3/c1-4-6-7-10-18(3)13-19(5-2)14-25(32)31-17-20(15-24(31)26(29)33)34-27-22-12-9-8-11-21(22)23(28)16-30-27/h4,6,8-9,11-12,16,18-20,24H,5,7,10,13-15,17,28H2,1-3H3,(H2,29,33)/b6-4-/t18-,19-,20-,24+/m1/s1. The Morgan fingerprint density at radius 3 is 2.71 bits per heavy atom. The smallest absolute Gasteiger partial charge is 0.240 e. The molecule has 0 saturated carbocycles. The van der Waals surface area contributed by atoms with Crippen molar-refractivity contribution in [2.75, 3.05) is 12.3 Å². The monoisotopic (exact) mass is 466 g/mol. The summed E-state index contributed by atoms with van der Waals surface area (Å²) in [5, 5.41) is 1.67. The number of allylic oxidation sites excluding steroid dienone is 2. The highest BCUT2D eigenvalue weighted by atomic mass is 16.5. The number of fused-ring (bicyclic) bond motifs is 1. The summed E-state index contributed by atoms with van der Waals surface area (Å²) in [6.45, 7) is 6.72. The maximum atomic E-state index is 13.2. The molecule has 0 radical (unpaired) electrons. The van der Waals surface area contributed by atoms with E-state index in [4.69, 9.17) is 16.2 Å². The van der Waals surface area contributed by atoms with Crippen molar-refractivity contribution in [2.24, 2.45) is 17.6 Å². The fourth-order valence-corrected chi connectivity index (χ4v) is 4.86. The van der Waals surface area contributed by atoms with Crippen molar-refractivity contribution in [1.29, 1.82) is 0 Å². The van der Waals surface area contributed by atoms with E-state index in [1.54, 1.807) is 11.1 Å². The van der Waals surface area contributed by atoms with Crippen LogP contribution < -0.4 is 16.2 Å². The summed E-state index contributed by atoms with van der Waals surface area (Å²) in [7, 11) is 0. The molecule has 1 aromatic carbocycles. The summed E-state index contributed by atoms with van der Waals surface area (Å²) in [6, 6.07) is 6.97. The number of nitrogens with zero attached hydrogens (tertiary/aromatic N) is 2. The van der Waals surface area contributed by atoms with Crippen LogP contribution in [0.3, 0.4) is 0 Å². The molecular weight excluding hydrogens is 428 g/mol. The average Bonchev–Trinajstić information content (AvgIpc) is 3.25. The van der Waals surface area contributed by atoms with E-state index in [0.717, 1.165) is 36.5 Å². The van der Waals surface area contributed by atoms with Crippen LogP contribution >= 0.6 is 0 Å². The summed E-state index contributed by atoms with van der Waals surface area (Å²) < 4.78 is 6.18. The number of ether oxygens (including phenoxy) is 1. The molecule has 1 aromatic heterocycles. The number of rotatable bonds is 11. The van der Waals surface area contributed by atoms with Crippen molar-refractivity contribution in [3.05, 3.63) is 42.6 Å². The predicted molar refractivity (Wildman–Crippen MR) is 136 cm³/mol. The highest BCUT2D eigenvalue weighted by molar-refractivity contribution is 5.95. The third kappa shape index (κ3) is 6.27. The molecule has 34 heavy (non-hydrogen) atoms. The lowest BCUT2D eigenvalue weighted by molar-refractivity contribution is -0.138. The number of anilines is 1. The van der Waals surface area contributed by atoms with Gasteiger partial charge in [-0.25, -0.2) is 4.98 Å². The fourth-order valence-electron chi connectivity index (χ4n) is 4.86. The van der Waals surface area contributed by atoms with Crippen LogP contribution in [0.25, 0.3) is 10.8 Å². The second-order valence-electron chi connectivity index (χ2n) is 9.47. The van der Waals surface area contributed by atoms with Crippen molar-refractivity contribution in [1.82, 2.24) is 9.88 Å². The first kappa shape index (κ1) is 25.5. The molecule has 3 rings (SSSR count). The van der Waals surface area contributed by atoms with Gasteiger partial charge in [0.2, 0.25) is 17.7 Å². The molecule has 1 aliphatic rings. The summed E-state index contributed by atoms with van der Waals surface area (Å²) in [4.78, 5) is 31.4. The van der Waals surface area contributed by atoms with Gasteiger partial charge in [0.05, 0.1) is 18.4 Å². The molecule has 2 amide bonds. The molecule has 0 aliphatic carbocycles. The van der Waals surface area contributed by atoms with Gasteiger partial charge in [0.1, 0.15) is 12.1 Å². The molecule has 1 fully saturated rings. The van der Waals surface area contributed by atoms with E-state index in [0.29, 0.717) is 36.9 Å². The molecule has 2 heterocycles. The lowest BCUT2D eigenvalue weighted by Gasteiger charge is -2.25. The van der Waals surface area contributed by atoms with Crippen LogP contribution in [0.5, 0.6) is 5.88 Å². The summed E-state index contributed by atoms with van der Waals surface area (Å²) in [5.41, 5.74) is 12.3. The molecule has 0 spiro atoms. The number of hydrogen-bond acceptors (Lipinski definition) is 5. The normalized spacial score (nSPS) is 20.0. The van der Waals surface area contributed by atoms with Crippen LogP contribution in [-0.4, -0.2) is 40.4 Å². The Balaban J connectivity index is 1.67. The number of benzene rings is 1. The van der Waals surface area contributed by atoms with Crippen LogP contribution in [-0.2, 0) is 9.59 Å². The predicted octanol–water partition coefficient (Wildman–Crippen LogP) is 4.45. The van der Waals surface area contributed by atoms with E-state index in [-0.39, 0.29) is 17.9 Å². The van der Waals surface area contributed by atoms with Gasteiger partial charge < -0.3 is 21.1 Å². The maximum Gasteiger partial charge on any atom is 0.240 e. The van der Waals surface area contributed by atoms with Crippen molar-refractivity contribution in [3.63, 3.8) is 0 Å². The van der Waals surface area contributed by atoms with Gasteiger partial charge in [-0.2, -0.15) is 0 Å². The highest BCUT2D eigenvalue weighted by Crippen LogP contribution is 2.31. The number of nitrogen functional groups attached to an aromatic ring is 1. The van der Waals surface area contributed by atoms with Gasteiger partial charge in [-0.1, -0.05) is 50.6 Å². The number of amides is 2. The zero-order valence-corrected chi connectivity index (χ0v) is 20.6. The van der Waals surface area contributed by atoms with Crippen molar-refractivity contribution < 1.29 is 14.3 Å². The van der Waals surface area contributed by atoms with E-state index in [9.17, 15) is 9.59 Å². The van der Waals surface area contributed by atoms with Gasteiger partial charge in [0, 0.05) is 23.6 Å². The Morgan fingerprint density at radius 1 is 1.29 bits per heavy atom. The van der Waals surface area contributed by atoms with Gasteiger partial charge in [-0.3, -0.25) is 9.59 Å². The summed E-state index contributed by atoms with van der Waals surface area (Å²) >= 11 is 0. The van der Waals surface area contributed by atoms with E-state index < -0.39 is 11.9 Å². The number of carbonyl (C=O) groups excluding carboxylic acids is 2. The highest BCUT2D eigenvalue weighted by Gasteiger charge is 2.40. The van der Waals surface area contributed by atoms with E-state index in [1.165, 1.54) is 0 Å². The van der Waals surface area contributed by atoms with Crippen molar-refractivity contribution in [2.45, 2.75) is 71.4 Å². The van der Waals surface area contributed by atoms with Crippen LogP contribution in [0, 0.1) is 11.8 Å². The Morgan fingerprint density at radius 2 is 2.03 bits per heavy atom. The quantitative estimate of drug-likeness (QED) is 0.475. The first-order valence-electron chi connectivity index (χ1n) is 12.3. The molecule has 2 aromatic rings. The van der Waals surface area contributed by atoms with Crippen molar-refractivity contribution >= 4 is 28.3 Å². The molecule has 4 N–H and O–H groups in total. The molecule has 184 valence electrons. The number of primary amides is 1. The summed E-state index contributed by atoms with van der Waals surface area (Å²) in [6.07, 6.45) is 10.3. The van der Waals surface area contributed by atoms with E-state index in [2.05, 4.69) is 31.0 Å². The number of likely N-dealkylation sites (tertiary alicyclic amines) is 1. The number of carbonyl (C=O) groups is 2. The van der Waals surface area contributed by atoms with Gasteiger partial charge in [0.15, 0.2) is 0 Å². The van der Waals surface area contributed by atoms with E-state index >= 15 is 0 Å². The third-order valence-corrected chi connectivity index (χ3v) is 6.82. The largest absolute Gasteiger partial charge is 0.472 e. The molecule has 0 bridgehead atoms. The Labute approximate surface area is 202 Å². The Bertz CT molecular complexity index is 1020. The minimum Gasteiger partial charge on any atom is -0.472 e. The van der Waals surface area contributed by atoms with Gasteiger partial charge in [-0.15, -0.1) is 0 Å². The zero-order chi connectivity index (χ0) is 24.7. The molecule has 1 aliphatic heterocycles. The second-order valence-corrected chi connectivity index (χ2v) is 9.47. The molecule has 4 atom stereocenters. The van der Waals surface area contributed by atoms with Gasteiger partial charge in [0.25, 0.3) is 0 Å². The zero-order valence-electron chi connectivity index (χ0n) is 20.6. The summed E-state index contributed by atoms with van der Waals surface area (Å²) in [5.74, 6) is 0.748. The number of nitrogens with two attached hydrogens (primary N) is 2. The van der Waals surface area contributed by atoms with Gasteiger partial charge in [-0.05, 0) is 44.1 Å². The molecule has 1 saturated heterocycles. The first-order valence-corrected chi connectivity index (χ1v) is 12.3. The molecule has 0 unspecified atom stereocenters. The number of pyridine rings is 1. The number of aromatic nitrogens is 1. The van der Waals surface area contributed by atoms with E-state index in [1.807, 2.05) is 31.2 Å². The minimum atomic E-state index is -0.665. The lowest BCUT2D eigenvalue weighted by Crippen LogP contribution is -2.44. The SMILES string of the molecule is C/C=C\CC[C@@H](C)C[C@@H](CC)CC(=O)N1C[C@H](Oc2ncc(N)c3ccccc23)C[C@H]1C(N)=O. The third-order valence-electron chi connectivity index (χ3n) is 6.82. The second kappa shape index (κ2) is 11.9. The average molecular weight is 467 g/mol. The van der Waals surface area contributed by atoms with Crippen LogP contribution in [0.15, 0.2) is 42.6 Å². The van der Waals surface area contributed by atoms with Crippen LogP contribution in [0.4, 0.5) is 5.69 Å². The molecule has 7 heteroatoms. The Hall–Kier alpha value is -3.09. The fraction of sp³-hybridized carbons (Fsp3) is 0.519. The molecule has 7 nitrogen and oxygen atoms in total.